The van der Waals surface area contributed by atoms with Gasteiger partial charge in [-0.25, -0.2) is 4.79 Å². The van der Waals surface area contributed by atoms with Crippen molar-refractivity contribution in [2.75, 3.05) is 20.8 Å². The molecule has 12 nitrogen and oxygen atoms in total. The number of carbonyl (C=O) groups is 4. The Bertz CT molecular complexity index is 1350. The van der Waals surface area contributed by atoms with Gasteiger partial charge in [-0.3, -0.25) is 14.4 Å². The maximum atomic E-state index is 13.5. The van der Waals surface area contributed by atoms with Crippen LogP contribution >= 0.6 is 0 Å². The molecular weight excluding hydrogens is 646 g/mol. The molecule has 0 aromatic carbocycles. The molecule has 280 valence electrons. The molecule has 3 rings (SSSR count). The van der Waals surface area contributed by atoms with E-state index in [4.69, 9.17) is 18.9 Å². The SMILES string of the molecule is CO[C@@H](C[C@@H]1CC[C@@H](C)[C@](O)(C2(O)OC(=O)[C@@H]3CCCCN3C2=O)O1)/C(C)=C/C=C/C=C/[C@@H](C)C[C@@H](C)C(=O)[C@H](OC)[C@H](O)/C(C)=C/C(C)=O. The predicted octanol–water partition coefficient (Wildman–Crippen LogP) is 3.72. The fraction of sp³-hybridized carbons (Fsp3) is 0.684. The predicted molar refractivity (Wildman–Crippen MR) is 185 cm³/mol. The first-order valence-corrected chi connectivity index (χ1v) is 17.6. The highest BCUT2D eigenvalue weighted by Gasteiger charge is 2.69. The Labute approximate surface area is 296 Å². The van der Waals surface area contributed by atoms with Gasteiger partial charge in [0, 0.05) is 39.0 Å². The minimum atomic E-state index is -2.85. The zero-order chi connectivity index (χ0) is 37.4. The van der Waals surface area contributed by atoms with Crippen molar-refractivity contribution in [3.8, 4) is 0 Å². The van der Waals surface area contributed by atoms with Crippen LogP contribution < -0.4 is 0 Å². The van der Waals surface area contributed by atoms with Gasteiger partial charge in [0.15, 0.2) is 11.6 Å². The van der Waals surface area contributed by atoms with Crippen molar-refractivity contribution in [2.24, 2.45) is 17.8 Å². The summed E-state index contributed by atoms with van der Waals surface area (Å²) in [5.41, 5.74) is 1.25. The summed E-state index contributed by atoms with van der Waals surface area (Å²) >= 11 is 0. The van der Waals surface area contributed by atoms with E-state index in [-0.39, 0.29) is 23.4 Å². The molecule has 50 heavy (non-hydrogen) atoms. The molecule has 3 saturated heterocycles. The van der Waals surface area contributed by atoms with Crippen molar-refractivity contribution in [3.63, 3.8) is 0 Å². The van der Waals surface area contributed by atoms with Gasteiger partial charge in [0.2, 0.25) is 5.79 Å². The van der Waals surface area contributed by atoms with E-state index in [1.165, 1.54) is 25.0 Å². The molecule has 1 unspecified atom stereocenters. The number of Topliss-reactive ketones (excluding diaryl/α,β-unsaturated/α-hetero) is 1. The second kappa shape index (κ2) is 18.0. The van der Waals surface area contributed by atoms with E-state index in [0.717, 1.165) is 12.0 Å². The second-order valence-electron chi connectivity index (χ2n) is 14.2. The number of carbonyl (C=O) groups excluding carboxylic acids is 4. The van der Waals surface area contributed by atoms with Crippen LogP contribution in [0.4, 0.5) is 0 Å². The lowest BCUT2D eigenvalue weighted by Gasteiger charge is -2.53. The number of esters is 1. The molecule has 3 N–H and O–H groups in total. The Morgan fingerprint density at radius 3 is 2.34 bits per heavy atom. The van der Waals surface area contributed by atoms with Crippen molar-refractivity contribution in [1.29, 1.82) is 0 Å². The summed E-state index contributed by atoms with van der Waals surface area (Å²) in [5.74, 6) is -8.35. The number of rotatable bonds is 16. The van der Waals surface area contributed by atoms with E-state index in [9.17, 15) is 34.5 Å². The van der Waals surface area contributed by atoms with Crippen molar-refractivity contribution in [3.05, 3.63) is 47.6 Å². The van der Waals surface area contributed by atoms with E-state index in [1.807, 2.05) is 44.2 Å². The van der Waals surface area contributed by atoms with Crippen LogP contribution in [0.25, 0.3) is 0 Å². The largest absolute Gasteiger partial charge is 0.417 e. The lowest BCUT2D eigenvalue weighted by atomic mass is 9.81. The number of allylic oxidation sites excluding steroid dienone is 6. The van der Waals surface area contributed by atoms with Gasteiger partial charge < -0.3 is 39.2 Å². The molecule has 3 heterocycles. The molecule has 3 aliphatic heterocycles. The van der Waals surface area contributed by atoms with Crippen LogP contribution in [-0.4, -0.2) is 106 Å². The van der Waals surface area contributed by atoms with Gasteiger partial charge in [-0.05, 0) is 82.4 Å². The first-order valence-electron chi connectivity index (χ1n) is 17.6. The summed E-state index contributed by atoms with van der Waals surface area (Å²) in [7, 11) is 2.93. The maximum Gasteiger partial charge on any atom is 0.346 e. The van der Waals surface area contributed by atoms with Gasteiger partial charge in [-0.1, -0.05) is 51.2 Å². The van der Waals surface area contributed by atoms with Crippen LogP contribution in [0.2, 0.25) is 0 Å². The molecule has 0 aromatic rings. The van der Waals surface area contributed by atoms with Crippen LogP contribution in [0.1, 0.15) is 86.5 Å². The first kappa shape index (κ1) is 41.4. The number of morpholine rings is 1. The topological polar surface area (TPSA) is 169 Å². The molecule has 3 fully saturated rings. The molecule has 1 amide bonds. The van der Waals surface area contributed by atoms with Crippen LogP contribution in [0, 0.1) is 17.8 Å². The molecular formula is C38H57NO11. The fourth-order valence-electron chi connectivity index (χ4n) is 7.16. The van der Waals surface area contributed by atoms with Crippen molar-refractivity contribution in [2.45, 2.75) is 129 Å². The third kappa shape index (κ3) is 9.45. The highest BCUT2D eigenvalue weighted by molar-refractivity contribution is 5.95. The van der Waals surface area contributed by atoms with Crippen molar-refractivity contribution in [1.82, 2.24) is 4.90 Å². The Balaban J connectivity index is 1.59. The third-order valence-corrected chi connectivity index (χ3v) is 10.2. The standard InChI is InChI=1S/C38H57NO11/c1-23(20-25(3)32(41)34(48-8)33(42)26(4)21-28(6)40)14-10-9-11-15-24(2)31(47-7)22-29-18-17-27(5)37(45,49-29)38(46)36(44)39-19-13-12-16-30(39)35(43)50-38/h9-11,14-15,21,23,25,27,29-31,33-34,42,45-46H,12-13,16-20,22H2,1-8H3/b11-9+,14-10+,24-15+,26-21+/t23-,25-,27-,29+,30+,31+,33-,34+,37-,38?/m1/s1. The molecule has 12 heteroatoms. The number of amides is 1. The zero-order valence-corrected chi connectivity index (χ0v) is 30.8. The number of hydrogen-bond donors (Lipinski definition) is 3. The van der Waals surface area contributed by atoms with E-state index in [2.05, 4.69) is 0 Å². The summed E-state index contributed by atoms with van der Waals surface area (Å²) in [6.07, 6.45) is 11.3. The number of aliphatic hydroxyl groups excluding tert-OH is 1. The number of methoxy groups -OCH3 is 2. The highest BCUT2D eigenvalue weighted by atomic mass is 16.7. The number of cyclic esters (lactones) is 1. The zero-order valence-electron chi connectivity index (χ0n) is 30.8. The molecule has 0 aromatic heterocycles. The number of ether oxygens (including phenoxy) is 4. The van der Waals surface area contributed by atoms with E-state index < -0.39 is 59.8 Å². The Morgan fingerprint density at radius 1 is 1.00 bits per heavy atom. The van der Waals surface area contributed by atoms with Crippen LogP contribution in [-0.2, 0) is 38.1 Å². The van der Waals surface area contributed by atoms with Gasteiger partial charge in [0.1, 0.15) is 18.2 Å². The van der Waals surface area contributed by atoms with E-state index in [0.29, 0.717) is 50.6 Å². The van der Waals surface area contributed by atoms with Gasteiger partial charge in [-0.2, -0.15) is 0 Å². The lowest BCUT2D eigenvalue weighted by molar-refractivity contribution is -0.403. The average molecular weight is 704 g/mol. The maximum absolute atomic E-state index is 13.5. The first-order chi connectivity index (χ1) is 23.5. The summed E-state index contributed by atoms with van der Waals surface area (Å²) in [6, 6.07) is -0.764. The second-order valence-corrected chi connectivity index (χ2v) is 14.2. The van der Waals surface area contributed by atoms with Crippen LogP contribution in [0.5, 0.6) is 0 Å². The van der Waals surface area contributed by atoms with Gasteiger partial charge in [-0.15, -0.1) is 0 Å². The van der Waals surface area contributed by atoms with Crippen molar-refractivity contribution < 1.29 is 53.4 Å². The minimum absolute atomic E-state index is 0.0504. The van der Waals surface area contributed by atoms with E-state index >= 15 is 0 Å². The smallest absolute Gasteiger partial charge is 0.346 e. The molecule has 0 spiro atoms. The molecule has 0 radical (unpaired) electrons. The number of piperidine rings is 1. The number of ketones is 2. The minimum Gasteiger partial charge on any atom is -0.417 e. The van der Waals surface area contributed by atoms with Crippen LogP contribution in [0.15, 0.2) is 47.6 Å². The van der Waals surface area contributed by atoms with E-state index in [1.54, 1.807) is 27.9 Å². The molecule has 0 saturated carbocycles. The normalized spacial score (nSPS) is 31.3. The number of nitrogens with zero attached hydrogens (tertiary/aromatic N) is 1. The summed E-state index contributed by atoms with van der Waals surface area (Å²) in [6.45, 7) is 10.6. The number of hydrogen-bond acceptors (Lipinski definition) is 11. The molecule has 0 aliphatic carbocycles. The van der Waals surface area contributed by atoms with Crippen LogP contribution in [0.3, 0.4) is 0 Å². The van der Waals surface area contributed by atoms with Gasteiger partial charge >= 0.3 is 17.7 Å². The summed E-state index contributed by atoms with van der Waals surface area (Å²) < 4.78 is 22.4. The Morgan fingerprint density at radius 2 is 1.70 bits per heavy atom. The van der Waals surface area contributed by atoms with Crippen molar-refractivity contribution >= 4 is 23.4 Å². The summed E-state index contributed by atoms with van der Waals surface area (Å²) in [4.78, 5) is 52.0. The lowest BCUT2D eigenvalue weighted by Crippen LogP contribution is -2.75. The van der Waals surface area contributed by atoms with Gasteiger partial charge in [0.25, 0.3) is 0 Å². The molecule has 3 aliphatic rings. The number of fused-ring (bicyclic) bond motifs is 1. The Hall–Kier alpha value is -3.00. The number of aliphatic hydroxyl groups is 3. The monoisotopic (exact) mass is 703 g/mol. The highest BCUT2D eigenvalue weighted by Crippen LogP contribution is 2.45. The van der Waals surface area contributed by atoms with Gasteiger partial charge in [0.05, 0.1) is 12.2 Å². The molecule has 0 bridgehead atoms. The fourth-order valence-corrected chi connectivity index (χ4v) is 7.16. The average Bonchev–Trinajstić information content (AvgIpc) is 3.07. The quantitative estimate of drug-likeness (QED) is 0.122. The summed E-state index contributed by atoms with van der Waals surface area (Å²) in [5, 5.41) is 33.8. The Kier molecular flexibility index (Phi) is 14.9. The third-order valence-electron chi connectivity index (χ3n) is 10.2. The molecule has 10 atom stereocenters.